The normalized spacial score (nSPS) is 13.9. The van der Waals surface area contributed by atoms with Gasteiger partial charge in [-0.3, -0.25) is 0 Å². The van der Waals surface area contributed by atoms with Gasteiger partial charge in [0.1, 0.15) is 17.4 Å². The van der Waals surface area contributed by atoms with Crippen molar-refractivity contribution < 1.29 is 15.0 Å². The molecule has 1 saturated carbocycles. The zero-order chi connectivity index (χ0) is 14.3. The van der Waals surface area contributed by atoms with Gasteiger partial charge in [-0.15, -0.1) is 5.10 Å². The molecule has 2 aromatic rings. The summed E-state index contributed by atoms with van der Waals surface area (Å²) in [5.74, 6) is -1.30. The Bertz CT molecular complexity index is 741. The number of nitriles is 1. The lowest BCUT2D eigenvalue weighted by Gasteiger charge is -2.07. The predicted octanol–water partition coefficient (Wildman–Crippen LogP) is 1.42. The first-order valence-electron chi connectivity index (χ1n) is 6.04. The molecule has 1 fully saturated rings. The van der Waals surface area contributed by atoms with Crippen molar-refractivity contribution in [1.29, 1.82) is 5.26 Å². The number of aromatic carboxylic acids is 1. The molecule has 0 saturated heterocycles. The predicted molar refractivity (Wildman–Crippen MR) is 66.7 cm³/mol. The van der Waals surface area contributed by atoms with Crippen molar-refractivity contribution in [3.8, 4) is 17.5 Å². The van der Waals surface area contributed by atoms with E-state index >= 15 is 0 Å². The van der Waals surface area contributed by atoms with Gasteiger partial charge < -0.3 is 10.2 Å². The molecular formula is C13H10N4O3. The van der Waals surface area contributed by atoms with Crippen LogP contribution in [0.25, 0.3) is 5.69 Å². The maximum Gasteiger partial charge on any atom is 0.339 e. The molecule has 1 aromatic carbocycles. The van der Waals surface area contributed by atoms with Crippen LogP contribution in [-0.4, -0.2) is 31.2 Å². The highest BCUT2D eigenvalue weighted by molar-refractivity contribution is 5.91. The fraction of sp³-hybridized carbons (Fsp3) is 0.231. The van der Waals surface area contributed by atoms with E-state index in [1.54, 1.807) is 6.07 Å². The van der Waals surface area contributed by atoms with E-state index in [1.165, 1.54) is 16.8 Å². The van der Waals surface area contributed by atoms with Gasteiger partial charge in [0.15, 0.2) is 5.69 Å². The largest absolute Gasteiger partial charge is 0.507 e. The third-order valence-electron chi connectivity index (χ3n) is 3.23. The van der Waals surface area contributed by atoms with Gasteiger partial charge in [0.25, 0.3) is 0 Å². The van der Waals surface area contributed by atoms with Crippen LogP contribution in [0.2, 0.25) is 0 Å². The summed E-state index contributed by atoms with van der Waals surface area (Å²) in [5, 5.41) is 35.3. The van der Waals surface area contributed by atoms with Crippen LogP contribution in [0.3, 0.4) is 0 Å². The second-order valence-corrected chi connectivity index (χ2v) is 4.63. The number of benzene rings is 1. The average molecular weight is 270 g/mol. The maximum atomic E-state index is 11.0. The Morgan fingerprint density at radius 3 is 2.80 bits per heavy atom. The molecule has 1 aliphatic carbocycles. The quantitative estimate of drug-likeness (QED) is 0.872. The Kier molecular flexibility index (Phi) is 2.64. The first kappa shape index (κ1) is 12.2. The highest BCUT2D eigenvalue weighted by Gasteiger charge is 2.32. The number of carboxylic acid groups (broad SMARTS) is 1. The van der Waals surface area contributed by atoms with Crippen LogP contribution < -0.4 is 0 Å². The van der Waals surface area contributed by atoms with E-state index in [4.69, 9.17) is 10.4 Å². The van der Waals surface area contributed by atoms with Crippen molar-refractivity contribution in [1.82, 2.24) is 15.0 Å². The molecule has 0 atom stereocenters. The second-order valence-electron chi connectivity index (χ2n) is 4.63. The number of aromatic nitrogens is 3. The molecule has 0 radical (unpaired) electrons. The van der Waals surface area contributed by atoms with Gasteiger partial charge in [-0.1, -0.05) is 5.21 Å². The number of aromatic hydroxyl groups is 1. The summed E-state index contributed by atoms with van der Waals surface area (Å²) < 4.78 is 1.47. The summed E-state index contributed by atoms with van der Waals surface area (Å²) in [6, 6.07) is 6.15. The summed E-state index contributed by atoms with van der Waals surface area (Å²) >= 11 is 0. The molecule has 0 amide bonds. The van der Waals surface area contributed by atoms with Gasteiger partial charge in [-0.05, 0) is 31.0 Å². The molecular weight excluding hydrogens is 260 g/mol. The Morgan fingerprint density at radius 1 is 1.45 bits per heavy atom. The van der Waals surface area contributed by atoms with E-state index in [0.717, 1.165) is 12.8 Å². The standard InChI is InChI=1S/C13H10N4O3/c14-6-10-12(7-1-2-7)17(16-15-10)8-3-4-11(18)9(5-8)13(19)20/h3-5,7,18H,1-2H2,(H,19,20). The molecule has 0 spiro atoms. The summed E-state index contributed by atoms with van der Waals surface area (Å²) in [5.41, 5.74) is 1.22. The van der Waals surface area contributed by atoms with Crippen LogP contribution in [0.4, 0.5) is 0 Å². The molecule has 2 N–H and O–H groups in total. The van der Waals surface area contributed by atoms with Crippen LogP contribution in [0.5, 0.6) is 5.75 Å². The molecule has 0 unspecified atom stereocenters. The zero-order valence-corrected chi connectivity index (χ0v) is 10.3. The molecule has 0 aliphatic heterocycles. The number of carbonyl (C=O) groups is 1. The SMILES string of the molecule is N#Cc1nnn(-c2ccc(O)c(C(=O)O)c2)c1C1CC1. The van der Waals surface area contributed by atoms with E-state index < -0.39 is 5.97 Å². The lowest BCUT2D eigenvalue weighted by molar-refractivity contribution is 0.0693. The molecule has 100 valence electrons. The first-order chi connectivity index (χ1) is 9.61. The first-order valence-corrected chi connectivity index (χ1v) is 6.04. The minimum Gasteiger partial charge on any atom is -0.507 e. The molecule has 7 nitrogen and oxygen atoms in total. The minimum absolute atomic E-state index is 0.210. The van der Waals surface area contributed by atoms with Gasteiger partial charge in [-0.2, -0.15) is 5.26 Å². The van der Waals surface area contributed by atoms with Crippen molar-refractivity contribution in [2.45, 2.75) is 18.8 Å². The summed E-state index contributed by atoms with van der Waals surface area (Å²) in [4.78, 5) is 11.0. The average Bonchev–Trinajstić information content (AvgIpc) is 3.18. The summed E-state index contributed by atoms with van der Waals surface area (Å²) in [7, 11) is 0. The van der Waals surface area contributed by atoms with Crippen molar-refractivity contribution in [3.63, 3.8) is 0 Å². The number of rotatable bonds is 3. The number of hydrogen-bond acceptors (Lipinski definition) is 5. The molecule has 1 aliphatic rings. The van der Waals surface area contributed by atoms with Crippen LogP contribution >= 0.6 is 0 Å². The fourth-order valence-electron chi connectivity index (χ4n) is 2.11. The minimum atomic E-state index is -1.22. The third-order valence-corrected chi connectivity index (χ3v) is 3.23. The van der Waals surface area contributed by atoms with Gasteiger partial charge in [-0.25, -0.2) is 9.48 Å². The lowest BCUT2D eigenvalue weighted by atomic mass is 10.1. The number of nitrogens with zero attached hydrogens (tertiary/aromatic N) is 4. The van der Waals surface area contributed by atoms with Crippen LogP contribution in [-0.2, 0) is 0 Å². The fourth-order valence-corrected chi connectivity index (χ4v) is 2.11. The number of carboxylic acids is 1. The molecule has 20 heavy (non-hydrogen) atoms. The Morgan fingerprint density at radius 2 is 2.20 bits per heavy atom. The number of hydrogen-bond donors (Lipinski definition) is 2. The van der Waals surface area contributed by atoms with Crippen LogP contribution in [0.1, 0.15) is 40.5 Å². The van der Waals surface area contributed by atoms with Gasteiger partial charge >= 0.3 is 5.97 Å². The third kappa shape index (κ3) is 1.87. The molecule has 1 heterocycles. The Hall–Kier alpha value is -2.88. The van der Waals surface area contributed by atoms with Gasteiger partial charge in [0, 0.05) is 5.92 Å². The van der Waals surface area contributed by atoms with E-state index in [2.05, 4.69) is 10.3 Å². The molecule has 3 rings (SSSR count). The van der Waals surface area contributed by atoms with Crippen molar-refractivity contribution >= 4 is 5.97 Å². The van der Waals surface area contributed by atoms with Crippen molar-refractivity contribution in [3.05, 3.63) is 35.2 Å². The van der Waals surface area contributed by atoms with E-state index in [-0.39, 0.29) is 22.9 Å². The Balaban J connectivity index is 2.15. The Labute approximate surface area is 113 Å². The van der Waals surface area contributed by atoms with Crippen LogP contribution in [0.15, 0.2) is 18.2 Å². The summed E-state index contributed by atoms with van der Waals surface area (Å²) in [6.45, 7) is 0. The number of phenols is 1. The highest BCUT2D eigenvalue weighted by atomic mass is 16.4. The van der Waals surface area contributed by atoms with Crippen molar-refractivity contribution in [2.75, 3.05) is 0 Å². The topological polar surface area (TPSA) is 112 Å². The van der Waals surface area contributed by atoms with E-state index in [1.807, 2.05) is 6.07 Å². The monoisotopic (exact) mass is 270 g/mol. The van der Waals surface area contributed by atoms with E-state index in [0.29, 0.717) is 11.4 Å². The van der Waals surface area contributed by atoms with Crippen molar-refractivity contribution in [2.24, 2.45) is 0 Å². The second kappa shape index (κ2) is 4.35. The van der Waals surface area contributed by atoms with E-state index in [9.17, 15) is 9.90 Å². The highest BCUT2D eigenvalue weighted by Crippen LogP contribution is 2.41. The smallest absolute Gasteiger partial charge is 0.339 e. The van der Waals surface area contributed by atoms with Gasteiger partial charge in [0.2, 0.25) is 0 Å². The molecule has 7 heteroatoms. The summed E-state index contributed by atoms with van der Waals surface area (Å²) in [6.07, 6.45) is 1.93. The van der Waals surface area contributed by atoms with Crippen LogP contribution in [0, 0.1) is 11.3 Å². The molecule has 1 aromatic heterocycles. The maximum absolute atomic E-state index is 11.0. The van der Waals surface area contributed by atoms with Gasteiger partial charge in [0.05, 0.1) is 11.4 Å². The molecule has 0 bridgehead atoms. The zero-order valence-electron chi connectivity index (χ0n) is 10.3. The lowest BCUT2D eigenvalue weighted by Crippen LogP contribution is -2.05.